The van der Waals surface area contributed by atoms with E-state index in [1.54, 1.807) is 70.8 Å². The van der Waals surface area contributed by atoms with Crippen LogP contribution in [0.3, 0.4) is 0 Å². The molecule has 4 saturated heterocycles. The molecular weight excluding hydrogens is 769 g/mol. The molecule has 4 heterocycles. The summed E-state index contributed by atoms with van der Waals surface area (Å²) in [5.41, 5.74) is -1.80. The maximum atomic E-state index is 14.2. The van der Waals surface area contributed by atoms with Crippen LogP contribution < -0.4 is 9.80 Å². The molecule has 3 aromatic rings. The Labute approximate surface area is 350 Å². The second-order valence-electron chi connectivity index (χ2n) is 18.7. The Hall–Kier alpha value is -5.28. The summed E-state index contributed by atoms with van der Waals surface area (Å²) in [7, 11) is 0. The van der Waals surface area contributed by atoms with E-state index in [2.05, 4.69) is 0 Å². The number of piperidine rings is 2. The number of carbonyl (C=O) groups is 6. The molecule has 14 nitrogen and oxygen atoms in total. The van der Waals surface area contributed by atoms with Crippen molar-refractivity contribution in [1.29, 1.82) is 0 Å². The summed E-state index contributed by atoms with van der Waals surface area (Å²) in [5, 5.41) is 3.46. The first-order valence-corrected chi connectivity index (χ1v) is 20.5. The van der Waals surface area contributed by atoms with Gasteiger partial charge < -0.3 is 9.47 Å². The third-order valence-electron chi connectivity index (χ3n) is 11.7. The Morgan fingerprint density at radius 2 is 0.783 bits per heavy atom. The van der Waals surface area contributed by atoms with Crippen molar-refractivity contribution in [2.45, 2.75) is 140 Å². The number of hydrogen-bond acceptors (Lipinski definition) is 12. The zero-order valence-corrected chi connectivity index (χ0v) is 35.5. The highest BCUT2D eigenvalue weighted by atomic mass is 16.7. The van der Waals surface area contributed by atoms with E-state index in [1.807, 2.05) is 67.5 Å². The average molecular weight is 823 g/mol. The highest BCUT2D eigenvalue weighted by Gasteiger charge is 2.54. The minimum atomic E-state index is -1.19. The van der Waals surface area contributed by atoms with Gasteiger partial charge in [-0.2, -0.15) is 10.1 Å². The van der Waals surface area contributed by atoms with Gasteiger partial charge in [0.25, 0.3) is 11.8 Å². The van der Waals surface area contributed by atoms with Crippen molar-refractivity contribution >= 4 is 46.9 Å². The quantitative estimate of drug-likeness (QED) is 0.161. The van der Waals surface area contributed by atoms with Crippen LogP contribution in [-0.4, -0.2) is 92.3 Å². The van der Waals surface area contributed by atoms with E-state index >= 15 is 0 Å². The number of esters is 2. The van der Waals surface area contributed by atoms with Crippen molar-refractivity contribution in [3.05, 3.63) is 96.1 Å². The highest BCUT2D eigenvalue weighted by Crippen LogP contribution is 2.44. The maximum absolute atomic E-state index is 14.2. The number of carbonyl (C=O) groups excluding carboxylic acids is 6. The Balaban J connectivity index is 1.04. The van der Waals surface area contributed by atoms with Gasteiger partial charge in [0.15, 0.2) is 12.2 Å². The lowest BCUT2D eigenvalue weighted by atomic mass is 9.80. The van der Waals surface area contributed by atoms with Crippen LogP contribution in [0.5, 0.6) is 0 Å². The summed E-state index contributed by atoms with van der Waals surface area (Å²) in [6, 6.07) is 23.9. The normalized spacial score (nSPS) is 24.5. The number of ether oxygens (including phenoxy) is 2. The monoisotopic (exact) mass is 822 g/mol. The van der Waals surface area contributed by atoms with Crippen LogP contribution in [0.2, 0.25) is 0 Å². The molecule has 3 aromatic carbocycles. The largest absolute Gasteiger partial charge is 0.459 e. The van der Waals surface area contributed by atoms with Crippen molar-refractivity contribution < 1.29 is 47.9 Å². The van der Waals surface area contributed by atoms with E-state index in [-0.39, 0.29) is 24.2 Å². The predicted molar refractivity (Wildman–Crippen MR) is 220 cm³/mol. The van der Waals surface area contributed by atoms with Gasteiger partial charge in [-0.05, 0) is 91.8 Å². The van der Waals surface area contributed by atoms with Crippen molar-refractivity contribution in [2.75, 3.05) is 9.80 Å². The number of para-hydroxylation sites is 2. The SMILES string of the molecule is CC1(C)CC(OC(=O)c2ccccc2)CC(C)(C)N1OC1CC(=O)N(c2ccccc2N2C(=O)CC(ON3C(C)(C)CC(OC(=O)c4ccccc4)CC3(C)C)C2=O)C1=O. The molecule has 2 unspecified atom stereocenters. The zero-order valence-electron chi connectivity index (χ0n) is 35.5. The maximum Gasteiger partial charge on any atom is 0.338 e. The van der Waals surface area contributed by atoms with Crippen molar-refractivity contribution in [1.82, 2.24) is 10.1 Å². The number of rotatable bonds is 10. The van der Waals surface area contributed by atoms with Gasteiger partial charge in [0.2, 0.25) is 11.8 Å². The van der Waals surface area contributed by atoms with Gasteiger partial charge in [0.05, 0.1) is 35.3 Å². The van der Waals surface area contributed by atoms with E-state index in [0.29, 0.717) is 36.8 Å². The molecule has 14 heteroatoms. The number of amides is 4. The van der Waals surface area contributed by atoms with Gasteiger partial charge in [-0.1, -0.05) is 48.5 Å². The van der Waals surface area contributed by atoms with E-state index in [9.17, 15) is 28.8 Å². The topological polar surface area (TPSA) is 152 Å². The van der Waals surface area contributed by atoms with Crippen molar-refractivity contribution in [3.8, 4) is 0 Å². The second kappa shape index (κ2) is 16.0. The Kier molecular flexibility index (Phi) is 11.4. The molecule has 4 fully saturated rings. The summed E-state index contributed by atoms with van der Waals surface area (Å²) in [5.74, 6) is -3.21. The van der Waals surface area contributed by atoms with E-state index in [0.717, 1.165) is 9.80 Å². The van der Waals surface area contributed by atoms with Crippen LogP contribution >= 0.6 is 0 Å². The first kappa shape index (κ1) is 42.8. The number of imide groups is 2. The molecule has 0 N–H and O–H groups in total. The molecule has 0 aliphatic carbocycles. The molecule has 0 radical (unpaired) electrons. The van der Waals surface area contributed by atoms with Crippen molar-refractivity contribution in [3.63, 3.8) is 0 Å². The number of anilines is 2. The molecular formula is C46H54N4O10. The van der Waals surface area contributed by atoms with Gasteiger partial charge in [-0.25, -0.2) is 19.4 Å². The minimum Gasteiger partial charge on any atom is -0.459 e. The van der Waals surface area contributed by atoms with Gasteiger partial charge >= 0.3 is 11.9 Å². The van der Waals surface area contributed by atoms with E-state index in [1.165, 1.54) is 12.1 Å². The summed E-state index contributed by atoms with van der Waals surface area (Å²) in [6.45, 7) is 15.4. The number of hydrogen-bond donors (Lipinski definition) is 0. The molecule has 4 amide bonds. The molecule has 4 aliphatic heterocycles. The van der Waals surface area contributed by atoms with Gasteiger partial charge in [0, 0.05) is 47.8 Å². The number of nitrogens with zero attached hydrogens (tertiary/aromatic N) is 4. The average Bonchev–Trinajstić information content (AvgIpc) is 3.62. The smallest absolute Gasteiger partial charge is 0.338 e. The molecule has 4 aliphatic rings. The summed E-state index contributed by atoms with van der Waals surface area (Å²) in [6.07, 6.45) is -2.12. The number of hydroxylamine groups is 4. The Morgan fingerprint density at radius 3 is 1.10 bits per heavy atom. The van der Waals surface area contributed by atoms with Crippen LogP contribution in [0.15, 0.2) is 84.9 Å². The third kappa shape index (κ3) is 8.38. The molecule has 7 rings (SSSR count). The van der Waals surface area contributed by atoms with Crippen LogP contribution in [0.1, 0.15) is 115 Å². The van der Waals surface area contributed by atoms with Crippen molar-refractivity contribution in [2.24, 2.45) is 0 Å². The fourth-order valence-electron chi connectivity index (χ4n) is 9.64. The molecule has 60 heavy (non-hydrogen) atoms. The minimum absolute atomic E-state index is 0.0766. The standard InChI is InChI=1S/C46H54N4O10/c1-43(2)25-31(57-41(55)29-17-11-9-12-18-29)26-44(3,4)49(43)59-35-23-37(51)47(39(35)53)33-21-15-16-22-34(33)48-38(52)24-36(40(48)54)60-50-45(5,6)27-32(28-46(50,7)8)58-42(56)30-19-13-10-14-20-30/h9-22,31-32,35-36H,23-28H2,1-8H3. The molecule has 0 aromatic heterocycles. The third-order valence-corrected chi connectivity index (χ3v) is 11.7. The lowest BCUT2D eigenvalue weighted by molar-refractivity contribution is -0.306. The van der Waals surface area contributed by atoms with Crippen LogP contribution in [0.4, 0.5) is 11.4 Å². The Bertz CT molecular complexity index is 1980. The highest BCUT2D eigenvalue weighted by molar-refractivity contribution is 6.28. The molecule has 0 bridgehead atoms. The summed E-state index contributed by atoms with van der Waals surface area (Å²) >= 11 is 0. The molecule has 318 valence electrons. The second-order valence-corrected chi connectivity index (χ2v) is 18.7. The summed E-state index contributed by atoms with van der Waals surface area (Å²) < 4.78 is 11.8. The van der Waals surface area contributed by atoms with Crippen LogP contribution in [0, 0.1) is 0 Å². The summed E-state index contributed by atoms with van der Waals surface area (Å²) in [4.78, 5) is 96.5. The van der Waals surface area contributed by atoms with E-state index < -0.39 is 82.1 Å². The first-order chi connectivity index (χ1) is 28.2. The van der Waals surface area contributed by atoms with E-state index in [4.69, 9.17) is 19.1 Å². The van der Waals surface area contributed by atoms with Gasteiger partial charge in [0.1, 0.15) is 12.2 Å². The Morgan fingerprint density at radius 1 is 0.483 bits per heavy atom. The fraction of sp³-hybridized carbons (Fsp3) is 0.478. The molecule has 2 atom stereocenters. The molecule has 0 saturated carbocycles. The number of benzene rings is 3. The van der Waals surface area contributed by atoms with Gasteiger partial charge in [-0.15, -0.1) is 0 Å². The van der Waals surface area contributed by atoms with Gasteiger partial charge in [-0.3, -0.25) is 28.9 Å². The fourth-order valence-corrected chi connectivity index (χ4v) is 9.64. The lowest BCUT2D eigenvalue weighted by Gasteiger charge is -2.53. The predicted octanol–water partition coefficient (Wildman–Crippen LogP) is 6.57. The first-order valence-electron chi connectivity index (χ1n) is 20.5. The van der Waals surface area contributed by atoms with Crippen LogP contribution in [0.25, 0.3) is 0 Å². The van der Waals surface area contributed by atoms with Crippen LogP contribution in [-0.2, 0) is 38.3 Å². The molecule has 0 spiro atoms. The lowest BCUT2D eigenvalue weighted by Crippen LogP contribution is -2.63. The zero-order chi connectivity index (χ0) is 43.4.